The molecule has 0 radical (unpaired) electrons. The van der Waals surface area contributed by atoms with Gasteiger partial charge in [0.05, 0.1) is 0 Å². The largest absolute Gasteiger partial charge is 1.00 e. The van der Waals surface area contributed by atoms with Crippen LogP contribution in [0.1, 0.15) is 105 Å². The monoisotopic (exact) mass is 644 g/mol. The second kappa shape index (κ2) is 14.4. The number of hydrogen-bond donors (Lipinski definition) is 0. The molecule has 0 fully saturated rings. The molecular formula is C34H48Cl2SiZr-2. The number of rotatable bonds is 0. The summed E-state index contributed by atoms with van der Waals surface area (Å²) in [6.45, 7) is 27.9. The predicted molar refractivity (Wildman–Crippen MR) is 158 cm³/mol. The molecule has 0 heterocycles. The maximum atomic E-state index is 3.53. The smallest absolute Gasteiger partial charge is 0.0132 e. The van der Waals surface area contributed by atoms with Crippen LogP contribution in [0.15, 0.2) is 60.7 Å². The van der Waals surface area contributed by atoms with Crippen LogP contribution in [0.25, 0.3) is 11.1 Å². The zero-order valence-electron chi connectivity index (χ0n) is 25.7. The van der Waals surface area contributed by atoms with E-state index in [9.17, 15) is 0 Å². The molecule has 0 aromatic heterocycles. The molecule has 0 atom stereocenters. The van der Waals surface area contributed by atoms with Crippen molar-refractivity contribution in [3.63, 3.8) is 0 Å². The minimum absolute atomic E-state index is 0. The van der Waals surface area contributed by atoms with Crippen LogP contribution in [0.4, 0.5) is 0 Å². The summed E-state index contributed by atoms with van der Waals surface area (Å²) in [7, 11) is 0. The molecule has 0 N–H and O–H groups in total. The molecule has 4 heteroatoms. The number of fused-ring (bicyclic) bond motifs is 3. The molecule has 4 rings (SSSR count). The van der Waals surface area contributed by atoms with E-state index < -0.39 is 0 Å². The molecular weight excluding hydrogens is 599 g/mol. The maximum Gasteiger partial charge on any atom is -0.0132 e. The molecule has 0 amide bonds. The summed E-state index contributed by atoms with van der Waals surface area (Å²) in [6.07, 6.45) is 1.03. The summed E-state index contributed by atoms with van der Waals surface area (Å²) in [5.41, 5.74) is 8.63. The summed E-state index contributed by atoms with van der Waals surface area (Å²) in [6, 6.07) is 25.1. The average Bonchev–Trinajstić information content (AvgIpc) is 3.41. The van der Waals surface area contributed by atoms with Crippen molar-refractivity contribution < 1.29 is 48.1 Å². The van der Waals surface area contributed by atoms with Crippen molar-refractivity contribution in [3.05, 3.63) is 89.0 Å². The molecule has 0 saturated carbocycles. The van der Waals surface area contributed by atoms with Crippen molar-refractivity contribution >= 4 is 5.43 Å². The molecule has 1 aliphatic carbocycles. The van der Waals surface area contributed by atoms with E-state index in [1.54, 1.807) is 23.3 Å². The second-order valence-corrected chi connectivity index (χ2v) is 21.6. The number of halogens is 2. The zero-order valence-corrected chi connectivity index (χ0v) is 30.7. The van der Waals surface area contributed by atoms with E-state index in [1.165, 1.54) is 33.4 Å². The third kappa shape index (κ3) is 10.8. The summed E-state index contributed by atoms with van der Waals surface area (Å²) >= 11 is 1.77. The molecule has 0 bridgehead atoms. The van der Waals surface area contributed by atoms with Crippen LogP contribution in [0, 0.1) is 6.07 Å². The first kappa shape index (κ1) is 37.5. The van der Waals surface area contributed by atoms with Crippen LogP contribution in [0.2, 0.25) is 10.1 Å². The number of benzene rings is 2. The Kier molecular flexibility index (Phi) is 14.2. The van der Waals surface area contributed by atoms with Crippen LogP contribution in [0.5, 0.6) is 0 Å². The van der Waals surface area contributed by atoms with Crippen molar-refractivity contribution in [3.8, 4) is 11.1 Å². The van der Waals surface area contributed by atoms with E-state index in [2.05, 4.69) is 119 Å². The van der Waals surface area contributed by atoms with Crippen molar-refractivity contribution in [1.82, 2.24) is 0 Å². The first-order valence-corrected chi connectivity index (χ1v) is 18.5. The van der Waals surface area contributed by atoms with Gasteiger partial charge in [-0.15, -0.1) is 5.56 Å². The molecule has 0 unspecified atom stereocenters. The van der Waals surface area contributed by atoms with Crippen molar-refractivity contribution in [2.45, 2.75) is 110 Å². The van der Waals surface area contributed by atoms with Gasteiger partial charge in [0.15, 0.2) is 0 Å². The van der Waals surface area contributed by atoms with Crippen LogP contribution >= 0.6 is 0 Å². The molecule has 0 nitrogen and oxygen atoms in total. The van der Waals surface area contributed by atoms with Gasteiger partial charge in [-0.1, -0.05) is 76.3 Å². The molecule has 0 saturated heterocycles. The Labute approximate surface area is 262 Å². The summed E-state index contributed by atoms with van der Waals surface area (Å²) in [4.78, 5) is 0. The van der Waals surface area contributed by atoms with E-state index in [0.717, 1.165) is 6.42 Å². The van der Waals surface area contributed by atoms with Gasteiger partial charge in [-0.05, 0) is 17.4 Å². The van der Waals surface area contributed by atoms with Crippen LogP contribution < -0.4 is 24.8 Å². The summed E-state index contributed by atoms with van der Waals surface area (Å²) < 4.78 is 0. The molecule has 208 valence electrons. The van der Waals surface area contributed by atoms with E-state index in [0.29, 0.717) is 10.1 Å². The van der Waals surface area contributed by atoms with Crippen molar-refractivity contribution in [2.75, 3.05) is 0 Å². The molecule has 0 spiro atoms. The Morgan fingerprint density at radius 1 is 0.711 bits per heavy atom. The van der Waals surface area contributed by atoms with Crippen LogP contribution in [-0.2, 0) is 40.6 Å². The molecule has 1 aliphatic rings. The summed E-state index contributed by atoms with van der Waals surface area (Å²) in [5.74, 6) is 0. The van der Waals surface area contributed by atoms with Gasteiger partial charge >= 0.3 is 80.4 Å². The first-order chi connectivity index (χ1) is 16.3. The predicted octanol–water partition coefficient (Wildman–Crippen LogP) is 4.19. The summed E-state index contributed by atoms with van der Waals surface area (Å²) in [5, 5.41) is 1.17. The molecule has 3 aromatic carbocycles. The Hall–Kier alpha value is -0.530. The number of hydrogen-bond acceptors (Lipinski definition) is 0. The molecule has 38 heavy (non-hydrogen) atoms. The third-order valence-electron chi connectivity index (χ3n) is 6.58. The van der Waals surface area contributed by atoms with Crippen molar-refractivity contribution in [2.24, 2.45) is 0 Å². The average molecular weight is 647 g/mol. The SMILES string of the molecule is CC(C)(C)[Si](=[Zr+2])C(C)(C)C.CC(C)(C)c1c[c-]c2c(c1)-c1cc(C(C)(C)C)ccc1C2.[Cl-].[Cl-].c1cc[cH-]c1. The molecule has 3 aromatic rings. The van der Waals surface area contributed by atoms with Gasteiger partial charge in [-0.3, -0.25) is 0 Å². The minimum Gasteiger partial charge on any atom is -1.00 e. The fourth-order valence-electron chi connectivity index (χ4n) is 4.43. The van der Waals surface area contributed by atoms with Gasteiger partial charge < -0.3 is 24.8 Å². The fraction of sp³-hybridized carbons (Fsp3) is 0.500. The Balaban J connectivity index is 0.000000676. The maximum absolute atomic E-state index is 3.53. The van der Waals surface area contributed by atoms with Crippen molar-refractivity contribution in [1.29, 1.82) is 0 Å². The van der Waals surface area contributed by atoms with E-state index >= 15 is 0 Å². The minimum atomic E-state index is -0.131. The zero-order chi connectivity index (χ0) is 27.5. The van der Waals surface area contributed by atoms with Gasteiger partial charge in [-0.2, -0.15) is 47.5 Å². The topological polar surface area (TPSA) is 0 Å². The normalized spacial score (nSPS) is 12.4. The quantitative estimate of drug-likeness (QED) is 0.199. The van der Waals surface area contributed by atoms with Crippen LogP contribution in [0.3, 0.4) is 0 Å². The van der Waals surface area contributed by atoms with E-state index in [-0.39, 0.29) is 41.1 Å². The first-order valence-electron chi connectivity index (χ1n) is 13.3. The molecule has 0 aliphatic heterocycles. The van der Waals surface area contributed by atoms with Gasteiger partial charge in [0.1, 0.15) is 0 Å². The van der Waals surface area contributed by atoms with Gasteiger partial charge in [0.25, 0.3) is 0 Å². The standard InChI is InChI=1S/C21H25.C8H18Si.C5H5.2ClH.Zr/c1-20(2,3)16-9-7-14-11-15-8-10-17(21(4,5)6)13-19(15)18(14)12-16;1-7(2,3)9-8(4,5)6;1-2-4-5-3-1;;;/h7,9-10,12-13H,11H2,1-6H3;1-6H3;1-5H;2*1H;/q-1;;-1;;;+2/p-2. The second-order valence-electron chi connectivity index (χ2n) is 14.2. The third-order valence-corrected chi connectivity index (χ3v) is 20.6. The van der Waals surface area contributed by atoms with Gasteiger partial charge in [0.2, 0.25) is 0 Å². The Bertz CT molecular complexity index is 1050. The van der Waals surface area contributed by atoms with Gasteiger partial charge in [-0.25, -0.2) is 12.1 Å². The Morgan fingerprint density at radius 3 is 1.55 bits per heavy atom. The van der Waals surface area contributed by atoms with E-state index in [1.807, 2.05) is 30.3 Å². The Morgan fingerprint density at radius 2 is 1.18 bits per heavy atom. The van der Waals surface area contributed by atoms with E-state index in [4.69, 9.17) is 0 Å². The van der Waals surface area contributed by atoms with Gasteiger partial charge in [0, 0.05) is 0 Å². The fourth-order valence-corrected chi connectivity index (χ4v) is 6.68. The van der Waals surface area contributed by atoms with Crippen LogP contribution in [-0.4, -0.2) is 5.43 Å².